The van der Waals surface area contributed by atoms with Crippen molar-refractivity contribution < 1.29 is 9.53 Å². The Morgan fingerprint density at radius 3 is 2.28 bits per heavy atom. The Balaban J connectivity index is 0.000000809. The Morgan fingerprint density at radius 1 is 1.22 bits per heavy atom. The predicted octanol–water partition coefficient (Wildman–Crippen LogP) is 5.54. The molecule has 0 spiro atoms. The van der Waals surface area contributed by atoms with Gasteiger partial charge in [-0.15, -0.1) is 0 Å². The third kappa shape index (κ3) is 11.0. The summed E-state index contributed by atoms with van der Waals surface area (Å²) in [7, 11) is 1.81. The summed E-state index contributed by atoms with van der Waals surface area (Å²) in [4.78, 5) is 13.0. The standard InChI is InChI=1S/C18H25N3O.C7H16.CH3NO/c1-5-8-22-16-7-6-14-9-15(11-21-17(14)10-16)18(20-4)12(2)13(3)19;1-5-6-7(2,3)4;2-1-3/h6-7,9-10,21H,5,8,11,19H2,1-4H3;5-6H2,1-4H3;1H,(H2,2,3)/b13-12+,20-18?;;. The molecule has 0 radical (unpaired) electrons. The van der Waals surface area contributed by atoms with E-state index < -0.39 is 0 Å². The first-order valence-electron chi connectivity index (χ1n) is 11.3. The van der Waals surface area contributed by atoms with E-state index in [2.05, 4.69) is 68.9 Å². The van der Waals surface area contributed by atoms with E-state index in [4.69, 9.17) is 15.3 Å². The fourth-order valence-corrected chi connectivity index (χ4v) is 3.19. The topological polar surface area (TPSA) is 103 Å². The van der Waals surface area contributed by atoms with Gasteiger partial charge in [0.25, 0.3) is 0 Å². The molecule has 1 amide bonds. The van der Waals surface area contributed by atoms with Gasteiger partial charge in [0.05, 0.1) is 12.3 Å². The second-order valence-electron chi connectivity index (χ2n) is 8.95. The van der Waals surface area contributed by atoms with Crippen molar-refractivity contribution in [1.29, 1.82) is 0 Å². The van der Waals surface area contributed by atoms with Gasteiger partial charge in [-0.25, -0.2) is 0 Å². The number of benzene rings is 1. The number of anilines is 1. The van der Waals surface area contributed by atoms with E-state index >= 15 is 0 Å². The minimum absolute atomic E-state index is 0.250. The van der Waals surface area contributed by atoms with Crippen LogP contribution in [0, 0.1) is 5.41 Å². The molecular formula is C26H44N4O2. The summed E-state index contributed by atoms with van der Waals surface area (Å²) >= 11 is 0. The highest BCUT2D eigenvalue weighted by atomic mass is 16.5. The lowest BCUT2D eigenvalue weighted by atomic mass is 9.91. The van der Waals surface area contributed by atoms with Gasteiger partial charge in [0.2, 0.25) is 6.41 Å². The summed E-state index contributed by atoms with van der Waals surface area (Å²) in [6.45, 7) is 16.5. The van der Waals surface area contributed by atoms with Crippen LogP contribution in [0.4, 0.5) is 5.69 Å². The van der Waals surface area contributed by atoms with Crippen LogP contribution >= 0.6 is 0 Å². The van der Waals surface area contributed by atoms with E-state index in [1.165, 1.54) is 12.8 Å². The number of nitrogens with one attached hydrogen (secondary N) is 1. The van der Waals surface area contributed by atoms with Gasteiger partial charge >= 0.3 is 0 Å². The Hall–Kier alpha value is -2.76. The Labute approximate surface area is 195 Å². The average molecular weight is 445 g/mol. The zero-order valence-electron chi connectivity index (χ0n) is 21.3. The second kappa shape index (κ2) is 15.1. The van der Waals surface area contributed by atoms with Crippen LogP contribution in [-0.2, 0) is 4.79 Å². The molecule has 180 valence electrons. The molecule has 0 aromatic heterocycles. The summed E-state index contributed by atoms with van der Waals surface area (Å²) < 4.78 is 5.68. The maximum absolute atomic E-state index is 8.58. The molecule has 0 bridgehead atoms. The summed E-state index contributed by atoms with van der Waals surface area (Å²) in [6.07, 6.45) is 6.08. The van der Waals surface area contributed by atoms with Crippen molar-refractivity contribution in [3.8, 4) is 5.75 Å². The molecule has 1 aromatic rings. The molecule has 1 aliphatic heterocycles. The predicted molar refractivity (Wildman–Crippen MR) is 139 cm³/mol. The number of allylic oxidation sites excluding steroid dienone is 2. The molecule has 6 nitrogen and oxygen atoms in total. The van der Waals surface area contributed by atoms with Crippen LogP contribution in [0.15, 0.2) is 40.0 Å². The summed E-state index contributed by atoms with van der Waals surface area (Å²) in [6, 6.07) is 6.14. The second-order valence-corrected chi connectivity index (χ2v) is 8.95. The maximum Gasteiger partial charge on any atom is 0.204 e. The number of aliphatic imine (C=N–C) groups is 1. The van der Waals surface area contributed by atoms with Gasteiger partial charge in [-0.1, -0.05) is 41.0 Å². The molecule has 32 heavy (non-hydrogen) atoms. The molecule has 0 unspecified atom stereocenters. The quantitative estimate of drug-likeness (QED) is 0.396. The van der Waals surface area contributed by atoms with Gasteiger partial charge in [-0.2, -0.15) is 0 Å². The average Bonchev–Trinajstić information content (AvgIpc) is 2.72. The molecule has 1 heterocycles. The highest BCUT2D eigenvalue weighted by Crippen LogP contribution is 2.29. The number of primary amides is 1. The smallest absolute Gasteiger partial charge is 0.204 e. The first kappa shape index (κ1) is 29.2. The number of ether oxygens (including phenoxy) is 1. The summed E-state index contributed by atoms with van der Waals surface area (Å²) in [5.41, 5.74) is 16.8. The first-order chi connectivity index (χ1) is 15.0. The number of nitrogens with two attached hydrogens (primary N) is 2. The summed E-state index contributed by atoms with van der Waals surface area (Å²) in [5, 5.41) is 3.45. The lowest BCUT2D eigenvalue weighted by molar-refractivity contribution is -0.106. The number of rotatable bonds is 6. The van der Waals surface area contributed by atoms with Crippen LogP contribution in [0.1, 0.15) is 73.3 Å². The van der Waals surface area contributed by atoms with Crippen molar-refractivity contribution in [2.45, 2.75) is 67.7 Å². The van der Waals surface area contributed by atoms with Crippen molar-refractivity contribution in [1.82, 2.24) is 0 Å². The molecule has 2 rings (SSSR count). The first-order valence-corrected chi connectivity index (χ1v) is 11.3. The number of carbonyl (C=O) groups excluding carboxylic acids is 1. The lowest BCUT2D eigenvalue weighted by Gasteiger charge is -2.21. The van der Waals surface area contributed by atoms with Crippen LogP contribution in [-0.4, -0.2) is 32.3 Å². The van der Waals surface area contributed by atoms with Crippen molar-refractivity contribution in [2.24, 2.45) is 21.9 Å². The highest BCUT2D eigenvalue weighted by molar-refractivity contribution is 6.16. The van der Waals surface area contributed by atoms with Gasteiger partial charge in [-0.05, 0) is 67.0 Å². The van der Waals surface area contributed by atoms with Crippen molar-refractivity contribution in [2.75, 3.05) is 25.5 Å². The molecule has 1 aromatic carbocycles. The van der Waals surface area contributed by atoms with Crippen molar-refractivity contribution >= 4 is 23.9 Å². The number of amides is 1. The number of hydrogen-bond acceptors (Lipinski definition) is 5. The Morgan fingerprint density at radius 2 is 1.84 bits per heavy atom. The zero-order chi connectivity index (χ0) is 24.7. The number of fused-ring (bicyclic) bond motifs is 1. The van der Waals surface area contributed by atoms with Crippen LogP contribution in [0.2, 0.25) is 0 Å². The Bertz CT molecular complexity index is 799. The molecule has 0 atom stereocenters. The zero-order valence-corrected chi connectivity index (χ0v) is 21.3. The number of carbonyl (C=O) groups is 1. The van der Waals surface area contributed by atoms with Crippen LogP contribution in [0.5, 0.6) is 5.75 Å². The highest BCUT2D eigenvalue weighted by Gasteiger charge is 2.16. The van der Waals surface area contributed by atoms with Crippen molar-refractivity contribution in [3.05, 3.63) is 40.6 Å². The molecule has 0 aliphatic carbocycles. The largest absolute Gasteiger partial charge is 0.494 e. The SMILES string of the molecule is CCCC(C)(C)C.CCCOc1ccc2c(c1)NCC(C(=NC)/C(C)=C(\C)N)=C2.NC=O. The number of hydrogen-bond donors (Lipinski definition) is 3. The molecule has 5 N–H and O–H groups in total. The fraction of sp³-hybridized carbons (Fsp3) is 0.538. The van der Waals surface area contributed by atoms with E-state index in [1.807, 2.05) is 19.9 Å². The van der Waals surface area contributed by atoms with Crippen molar-refractivity contribution in [3.63, 3.8) is 0 Å². The van der Waals surface area contributed by atoms with Gasteiger partial charge in [0.1, 0.15) is 5.75 Å². The molecule has 6 heteroatoms. The third-order valence-electron chi connectivity index (χ3n) is 4.77. The monoisotopic (exact) mass is 444 g/mol. The molecule has 0 saturated carbocycles. The molecule has 0 fully saturated rings. The van der Waals surface area contributed by atoms with E-state index in [0.717, 1.165) is 59.1 Å². The fourth-order valence-electron chi connectivity index (χ4n) is 3.19. The lowest BCUT2D eigenvalue weighted by Crippen LogP contribution is -2.19. The van der Waals surface area contributed by atoms with Gasteiger partial charge < -0.3 is 21.5 Å². The molecule has 0 saturated heterocycles. The molecule has 1 aliphatic rings. The number of nitrogens with zero attached hydrogens (tertiary/aromatic N) is 1. The van der Waals surface area contributed by atoms with Gasteiger partial charge in [0, 0.05) is 31.0 Å². The summed E-state index contributed by atoms with van der Waals surface area (Å²) in [5.74, 6) is 0.906. The van der Waals surface area contributed by atoms with Gasteiger partial charge in [0.15, 0.2) is 0 Å². The minimum Gasteiger partial charge on any atom is -0.494 e. The van der Waals surface area contributed by atoms with Crippen LogP contribution in [0.25, 0.3) is 6.08 Å². The minimum atomic E-state index is 0.250. The maximum atomic E-state index is 8.58. The van der Waals surface area contributed by atoms with E-state index in [1.54, 1.807) is 7.05 Å². The molecular weight excluding hydrogens is 400 g/mol. The third-order valence-corrected chi connectivity index (χ3v) is 4.77. The van der Waals surface area contributed by atoms with Crippen LogP contribution in [0.3, 0.4) is 0 Å². The Kier molecular flexibility index (Phi) is 13.8. The van der Waals surface area contributed by atoms with E-state index in [0.29, 0.717) is 5.41 Å². The van der Waals surface area contributed by atoms with E-state index in [9.17, 15) is 0 Å². The normalized spacial score (nSPS) is 13.6. The van der Waals surface area contributed by atoms with Gasteiger partial charge in [-0.3, -0.25) is 9.79 Å². The van der Waals surface area contributed by atoms with E-state index in [-0.39, 0.29) is 6.41 Å². The van der Waals surface area contributed by atoms with Crippen LogP contribution < -0.4 is 21.5 Å².